The van der Waals surface area contributed by atoms with Gasteiger partial charge < -0.3 is 56.5 Å². The Morgan fingerprint density at radius 3 is 0.538 bits per heavy atom. The largest absolute Gasteiger partial charge is 4.00 e. The van der Waals surface area contributed by atoms with Crippen molar-refractivity contribution in [1.29, 1.82) is 0 Å². The fourth-order valence-corrected chi connectivity index (χ4v) is 0. The van der Waals surface area contributed by atoms with Gasteiger partial charge >= 0.3 is 87.0 Å². The molecule has 0 spiro atoms. The number of rotatable bonds is 0. The summed E-state index contributed by atoms with van der Waals surface area (Å²) in [6.45, 7) is 0. The maximum atomic E-state index is 8.58. The second-order valence-electron chi connectivity index (χ2n) is 1.00. The standard InChI is InChI=1S/Ca.Mg.2O4Si.Zr/c;;2*1-5(2,3)4;/q2*+2;2*-4;+4. The van der Waals surface area contributed by atoms with Gasteiger partial charge in [0.05, 0.1) is 0 Å². The maximum Gasteiger partial charge on any atom is 4.00 e. The van der Waals surface area contributed by atoms with Crippen molar-refractivity contribution < 1.29 is 64.6 Å². The second kappa shape index (κ2) is 13.1. The normalized spacial score (nSPS) is 9.23. The first kappa shape index (κ1) is 29.8. The van der Waals surface area contributed by atoms with Gasteiger partial charge in [0, 0.05) is 0 Å². The van der Waals surface area contributed by atoms with E-state index in [0.717, 1.165) is 0 Å². The van der Waals surface area contributed by atoms with Crippen molar-refractivity contribution in [2.75, 3.05) is 0 Å². The van der Waals surface area contributed by atoms with E-state index in [0.29, 0.717) is 0 Å². The van der Waals surface area contributed by atoms with E-state index < -0.39 is 18.1 Å². The van der Waals surface area contributed by atoms with Crippen LogP contribution in [0.5, 0.6) is 0 Å². The molecule has 0 heterocycles. The average Bonchev–Trinajstić information content (AvgIpc) is 1.12. The molecule has 13 heteroatoms. The van der Waals surface area contributed by atoms with Crippen molar-refractivity contribution in [1.82, 2.24) is 0 Å². The molecule has 0 atom stereocenters. The van der Waals surface area contributed by atoms with Crippen LogP contribution < -0.4 is 38.4 Å². The minimum atomic E-state index is -5.61. The summed E-state index contributed by atoms with van der Waals surface area (Å²) in [5.41, 5.74) is 0. The van der Waals surface area contributed by atoms with Crippen LogP contribution in [0.4, 0.5) is 0 Å². The Balaban J connectivity index is -0.0000000267. The predicted molar refractivity (Wildman–Crippen MR) is 23.0 cm³/mol. The van der Waals surface area contributed by atoms with Crippen molar-refractivity contribution in [2.24, 2.45) is 0 Å². The Morgan fingerprint density at radius 2 is 0.538 bits per heavy atom. The van der Waals surface area contributed by atoms with E-state index in [1.165, 1.54) is 0 Å². The van der Waals surface area contributed by atoms with Crippen LogP contribution in [0.1, 0.15) is 0 Å². The quantitative estimate of drug-likeness (QED) is 0.389. The summed E-state index contributed by atoms with van der Waals surface area (Å²) in [6, 6.07) is 0. The summed E-state index contributed by atoms with van der Waals surface area (Å²) in [4.78, 5) is 68.6. The van der Waals surface area contributed by atoms with Gasteiger partial charge in [0.1, 0.15) is 0 Å². The van der Waals surface area contributed by atoms with E-state index in [9.17, 15) is 0 Å². The Bertz CT molecular complexity index is 65.1. The van der Waals surface area contributed by atoms with Gasteiger partial charge in [-0.2, -0.15) is 0 Å². The fraction of sp³-hybridized carbons (Fsp3) is 0. The molecule has 0 aromatic carbocycles. The molecule has 0 bridgehead atoms. The zero-order chi connectivity index (χ0) is 9.00. The minimum absolute atomic E-state index is 0. The molecule has 0 saturated heterocycles. The van der Waals surface area contributed by atoms with E-state index in [1.807, 2.05) is 0 Å². The third kappa shape index (κ3) is 279. The molecule has 0 aliphatic heterocycles. The van der Waals surface area contributed by atoms with Crippen LogP contribution in [0.3, 0.4) is 0 Å². The van der Waals surface area contributed by atoms with Gasteiger partial charge in [0.15, 0.2) is 0 Å². The fourth-order valence-electron chi connectivity index (χ4n) is 0. The summed E-state index contributed by atoms with van der Waals surface area (Å²) < 4.78 is 0. The second-order valence-corrected chi connectivity index (χ2v) is 3.00. The summed E-state index contributed by atoms with van der Waals surface area (Å²) in [6.07, 6.45) is 0. The van der Waals surface area contributed by atoms with Crippen LogP contribution in [-0.2, 0) is 26.2 Å². The third-order valence-corrected chi connectivity index (χ3v) is 0. The Hall–Kier alpha value is 3.02. The zero-order valence-electron chi connectivity index (χ0n) is 6.18. The van der Waals surface area contributed by atoms with Gasteiger partial charge in [-0.3, -0.25) is 0 Å². The van der Waals surface area contributed by atoms with Crippen LogP contribution in [0.25, 0.3) is 0 Å². The monoisotopic (exact) mass is 338 g/mol. The average molecular weight is 340 g/mol. The SMILES string of the molecule is [Ca+2].[Mg+2].[O-][Si]([O-])([O-])[O-].[O-][Si]([O-])([O-])[O-].[Zr+4]. The maximum absolute atomic E-state index is 8.58. The molecular formula is CaMgO8Si2Zr. The van der Waals surface area contributed by atoms with Crippen LogP contribution in [0, 0.1) is 0 Å². The molecule has 64 valence electrons. The van der Waals surface area contributed by atoms with Crippen LogP contribution >= 0.6 is 0 Å². The van der Waals surface area contributed by atoms with E-state index in [-0.39, 0.29) is 87.0 Å². The smallest absolute Gasteiger partial charge is 0.894 e. The molecule has 0 radical (unpaired) electrons. The molecule has 0 aliphatic carbocycles. The molecule has 0 fully saturated rings. The summed E-state index contributed by atoms with van der Waals surface area (Å²) in [7, 11) is -11.2. The summed E-state index contributed by atoms with van der Waals surface area (Å²) in [5.74, 6) is 0. The van der Waals surface area contributed by atoms with Gasteiger partial charge in [-0.1, -0.05) is 0 Å². The van der Waals surface area contributed by atoms with E-state index in [2.05, 4.69) is 0 Å². The van der Waals surface area contributed by atoms with E-state index in [4.69, 9.17) is 38.4 Å². The van der Waals surface area contributed by atoms with Crippen molar-refractivity contribution in [2.45, 2.75) is 0 Å². The van der Waals surface area contributed by atoms with Gasteiger partial charge in [0.2, 0.25) is 0 Å². The Kier molecular flexibility index (Phi) is 30.0. The molecule has 0 unspecified atom stereocenters. The Labute approximate surface area is 141 Å². The zero-order valence-corrected chi connectivity index (χ0v) is 14.3. The van der Waals surface area contributed by atoms with Crippen LogP contribution in [0.2, 0.25) is 0 Å². The van der Waals surface area contributed by atoms with Crippen molar-refractivity contribution in [3.05, 3.63) is 0 Å². The van der Waals surface area contributed by atoms with Gasteiger partial charge in [-0.05, 0) is 0 Å². The van der Waals surface area contributed by atoms with Crippen LogP contribution in [-0.4, -0.2) is 78.9 Å². The first-order chi connectivity index (χ1) is 4.00. The van der Waals surface area contributed by atoms with Gasteiger partial charge in [-0.25, -0.2) is 0 Å². The molecule has 8 nitrogen and oxygen atoms in total. The van der Waals surface area contributed by atoms with Crippen molar-refractivity contribution in [3.8, 4) is 0 Å². The number of hydrogen-bond donors (Lipinski definition) is 0. The number of hydrogen-bond acceptors (Lipinski definition) is 8. The van der Waals surface area contributed by atoms with Crippen molar-refractivity contribution in [3.63, 3.8) is 0 Å². The minimum Gasteiger partial charge on any atom is -0.894 e. The molecule has 0 rings (SSSR count). The predicted octanol–water partition coefficient (Wildman–Crippen LogP) is -11.0. The molecule has 13 heavy (non-hydrogen) atoms. The van der Waals surface area contributed by atoms with Gasteiger partial charge in [0.25, 0.3) is 0 Å². The first-order valence-electron chi connectivity index (χ1n) is 1.63. The van der Waals surface area contributed by atoms with Crippen molar-refractivity contribution >= 4 is 78.9 Å². The topological polar surface area (TPSA) is 184 Å². The van der Waals surface area contributed by atoms with Gasteiger partial charge in [-0.15, -0.1) is 0 Å². The first-order valence-corrected chi connectivity index (χ1v) is 4.90. The summed E-state index contributed by atoms with van der Waals surface area (Å²) >= 11 is 0. The van der Waals surface area contributed by atoms with E-state index >= 15 is 0 Å². The molecule has 0 aliphatic rings. The molecule has 0 aromatic heterocycles. The molecule has 0 aromatic rings. The third-order valence-electron chi connectivity index (χ3n) is 0. The molecule has 0 amide bonds. The molecule has 0 N–H and O–H groups in total. The summed E-state index contributed by atoms with van der Waals surface area (Å²) in [5, 5.41) is 0. The molecule has 0 saturated carbocycles. The Morgan fingerprint density at radius 1 is 0.538 bits per heavy atom. The molecular weight excluding hydrogens is 340 g/mol. The van der Waals surface area contributed by atoms with Crippen LogP contribution in [0.15, 0.2) is 0 Å². The van der Waals surface area contributed by atoms with E-state index in [1.54, 1.807) is 0 Å².